The van der Waals surface area contributed by atoms with Crippen molar-refractivity contribution < 1.29 is 4.79 Å². The zero-order chi connectivity index (χ0) is 31.9. The summed E-state index contributed by atoms with van der Waals surface area (Å²) in [6, 6.07) is 35.2. The van der Waals surface area contributed by atoms with Crippen molar-refractivity contribution in [2.75, 3.05) is 25.0 Å². The van der Waals surface area contributed by atoms with Gasteiger partial charge in [0.25, 0.3) is 0 Å². The van der Waals surface area contributed by atoms with Crippen LogP contribution in [0.2, 0.25) is 0 Å². The first-order chi connectivity index (χ1) is 22.4. The minimum Gasteiger partial charge on any atom is -0.384 e. The smallest absolute Gasteiger partial charge is 0.226 e. The molecule has 7 heteroatoms. The molecule has 0 bridgehead atoms. The van der Waals surface area contributed by atoms with Crippen LogP contribution < -0.4 is 10.6 Å². The number of nitrogens with one attached hydrogen (secondary N) is 1. The van der Waals surface area contributed by atoms with Gasteiger partial charge in [0.1, 0.15) is 11.7 Å². The lowest BCUT2D eigenvalue weighted by atomic mass is 9.91. The molecule has 0 atom stereocenters. The van der Waals surface area contributed by atoms with Crippen molar-refractivity contribution in [1.29, 1.82) is 5.41 Å². The fourth-order valence-electron chi connectivity index (χ4n) is 6.53. The van der Waals surface area contributed by atoms with Crippen LogP contribution in [-0.4, -0.2) is 46.3 Å². The van der Waals surface area contributed by atoms with Crippen LogP contribution in [0.5, 0.6) is 0 Å². The van der Waals surface area contributed by atoms with Gasteiger partial charge in [-0.2, -0.15) is 0 Å². The van der Waals surface area contributed by atoms with Gasteiger partial charge in [0, 0.05) is 44.2 Å². The van der Waals surface area contributed by atoms with Crippen molar-refractivity contribution in [2.45, 2.75) is 51.6 Å². The van der Waals surface area contributed by atoms with Crippen LogP contribution in [0.25, 0.3) is 11.0 Å². The number of benzene rings is 4. The lowest BCUT2D eigenvalue weighted by molar-refractivity contribution is -0.118. The summed E-state index contributed by atoms with van der Waals surface area (Å²) in [5.74, 6) is 1.85. The van der Waals surface area contributed by atoms with Crippen LogP contribution in [0.15, 0.2) is 103 Å². The van der Waals surface area contributed by atoms with Crippen LogP contribution in [0, 0.1) is 11.3 Å². The van der Waals surface area contributed by atoms with Gasteiger partial charge in [-0.25, -0.2) is 4.98 Å². The van der Waals surface area contributed by atoms with Gasteiger partial charge in [0.05, 0.1) is 11.0 Å². The second kappa shape index (κ2) is 14.6. The molecule has 4 aromatic carbocycles. The number of aromatic nitrogens is 2. The van der Waals surface area contributed by atoms with Crippen molar-refractivity contribution in [1.82, 2.24) is 14.5 Å². The lowest BCUT2D eigenvalue weighted by Gasteiger charge is -2.32. The van der Waals surface area contributed by atoms with Crippen molar-refractivity contribution in [2.24, 2.45) is 11.7 Å². The summed E-state index contributed by atoms with van der Waals surface area (Å²) < 4.78 is 2.30. The number of amidine groups is 1. The molecule has 0 spiro atoms. The van der Waals surface area contributed by atoms with E-state index in [1.54, 1.807) is 4.90 Å². The minimum atomic E-state index is 0.0790. The first-order valence-corrected chi connectivity index (χ1v) is 16.4. The maximum absolute atomic E-state index is 13.3. The second-order valence-corrected chi connectivity index (χ2v) is 12.6. The van der Waals surface area contributed by atoms with Crippen LogP contribution in [0.3, 0.4) is 0 Å². The number of anilines is 1. The number of fused-ring (bicyclic) bond motifs is 1. The van der Waals surface area contributed by atoms with E-state index in [2.05, 4.69) is 82.3 Å². The Morgan fingerprint density at radius 3 is 2.15 bits per heavy atom. The number of hydrogen-bond donors (Lipinski definition) is 2. The molecule has 1 fully saturated rings. The molecule has 1 saturated heterocycles. The van der Waals surface area contributed by atoms with Crippen LogP contribution >= 0.6 is 0 Å². The highest BCUT2D eigenvalue weighted by Crippen LogP contribution is 2.27. The third-order valence-electron chi connectivity index (χ3n) is 9.38. The number of imidazole rings is 1. The monoisotopic (exact) mass is 612 g/mol. The van der Waals surface area contributed by atoms with Gasteiger partial charge in [0.15, 0.2) is 0 Å². The van der Waals surface area contributed by atoms with E-state index in [4.69, 9.17) is 16.1 Å². The van der Waals surface area contributed by atoms with E-state index in [-0.39, 0.29) is 11.7 Å². The third kappa shape index (κ3) is 7.72. The summed E-state index contributed by atoms with van der Waals surface area (Å²) >= 11 is 0. The predicted molar refractivity (Wildman–Crippen MR) is 187 cm³/mol. The average molecular weight is 613 g/mol. The number of nitrogen functional groups attached to an aromatic ring is 1. The Hall–Kier alpha value is -4.75. The SMILES string of the molecule is CN(C(=O)CCC1CCN(Cc2ccccc2)CC1)c1ccc2c(c1)nc(CCc1ccc(C(=N)N)cc1)n2Cc1ccccc1. The molecular formula is C39H44N6O. The Bertz CT molecular complexity index is 1760. The molecular weight excluding hydrogens is 568 g/mol. The fraction of sp³-hybridized carbons (Fsp3) is 0.308. The van der Waals surface area contributed by atoms with E-state index in [0.717, 1.165) is 86.4 Å². The number of nitrogens with zero attached hydrogens (tertiary/aromatic N) is 4. The molecule has 5 aromatic rings. The highest BCUT2D eigenvalue weighted by atomic mass is 16.2. The Labute approximate surface area is 272 Å². The standard InChI is InChI=1S/C39H44N6O/c1-43(38(46)21-15-30-22-24-44(25-23-30)27-31-8-4-2-5-9-31)34-18-19-36-35(26-34)42-37(45(36)28-32-10-6-3-7-11-32)20-14-29-12-16-33(17-13-29)39(40)41/h2-13,16-19,26,30H,14-15,20-25,27-28H2,1H3,(H3,40,41). The van der Waals surface area contributed by atoms with Gasteiger partial charge in [-0.15, -0.1) is 0 Å². The van der Waals surface area contributed by atoms with Gasteiger partial charge in [-0.05, 0) is 79.6 Å². The van der Waals surface area contributed by atoms with Crippen LogP contribution in [0.1, 0.15) is 53.8 Å². The van der Waals surface area contributed by atoms with E-state index >= 15 is 0 Å². The fourth-order valence-corrected chi connectivity index (χ4v) is 6.53. The molecule has 6 rings (SSSR count). The number of likely N-dealkylation sites (tertiary alicyclic amines) is 1. The second-order valence-electron chi connectivity index (χ2n) is 12.6. The normalized spacial score (nSPS) is 14.0. The van der Waals surface area contributed by atoms with Crippen molar-refractivity contribution >= 4 is 28.5 Å². The first kappa shape index (κ1) is 31.2. The zero-order valence-electron chi connectivity index (χ0n) is 26.7. The maximum atomic E-state index is 13.3. The molecule has 1 amide bonds. The Morgan fingerprint density at radius 2 is 1.50 bits per heavy atom. The molecule has 2 heterocycles. The first-order valence-electron chi connectivity index (χ1n) is 16.4. The highest BCUT2D eigenvalue weighted by Gasteiger charge is 2.22. The van der Waals surface area contributed by atoms with Crippen LogP contribution in [-0.2, 0) is 30.7 Å². The molecule has 1 aliphatic rings. The number of carbonyl (C=O) groups excluding carboxylic acids is 1. The van der Waals surface area contributed by atoms with Gasteiger partial charge in [-0.3, -0.25) is 15.1 Å². The van der Waals surface area contributed by atoms with E-state index in [1.807, 2.05) is 37.4 Å². The molecule has 1 aliphatic heterocycles. The number of hydrogen-bond acceptors (Lipinski definition) is 4. The highest BCUT2D eigenvalue weighted by molar-refractivity contribution is 5.95. The van der Waals surface area contributed by atoms with E-state index < -0.39 is 0 Å². The van der Waals surface area contributed by atoms with Crippen molar-refractivity contribution in [3.05, 3.63) is 131 Å². The Kier molecular flexibility index (Phi) is 9.89. The van der Waals surface area contributed by atoms with Gasteiger partial charge in [0.2, 0.25) is 5.91 Å². The summed E-state index contributed by atoms with van der Waals surface area (Å²) in [5, 5.41) is 7.66. The quantitative estimate of drug-likeness (QED) is 0.120. The number of nitrogens with two attached hydrogens (primary N) is 1. The van der Waals surface area contributed by atoms with E-state index in [0.29, 0.717) is 12.3 Å². The number of carbonyl (C=O) groups is 1. The third-order valence-corrected chi connectivity index (χ3v) is 9.38. The number of amides is 1. The van der Waals surface area contributed by atoms with Crippen molar-refractivity contribution in [3.8, 4) is 0 Å². The lowest BCUT2D eigenvalue weighted by Crippen LogP contribution is -2.34. The summed E-state index contributed by atoms with van der Waals surface area (Å²) in [4.78, 5) is 22.8. The molecule has 3 N–H and O–H groups in total. The van der Waals surface area contributed by atoms with Crippen LogP contribution in [0.4, 0.5) is 5.69 Å². The molecule has 46 heavy (non-hydrogen) atoms. The van der Waals surface area contributed by atoms with Gasteiger partial charge >= 0.3 is 0 Å². The largest absolute Gasteiger partial charge is 0.384 e. The number of rotatable bonds is 12. The summed E-state index contributed by atoms with van der Waals surface area (Å²) in [6.45, 7) is 3.93. The molecule has 0 radical (unpaired) electrons. The molecule has 1 aromatic heterocycles. The number of aryl methyl sites for hydroxylation is 2. The predicted octanol–water partition coefficient (Wildman–Crippen LogP) is 6.81. The minimum absolute atomic E-state index is 0.0790. The Balaban J connectivity index is 1.10. The van der Waals surface area contributed by atoms with Gasteiger partial charge in [-0.1, -0.05) is 84.9 Å². The van der Waals surface area contributed by atoms with E-state index in [1.165, 1.54) is 16.7 Å². The molecule has 0 saturated carbocycles. The Morgan fingerprint density at radius 1 is 0.848 bits per heavy atom. The zero-order valence-corrected chi connectivity index (χ0v) is 26.7. The summed E-state index contributed by atoms with van der Waals surface area (Å²) in [5.41, 5.74) is 13.0. The average Bonchev–Trinajstić information content (AvgIpc) is 3.43. The van der Waals surface area contributed by atoms with Gasteiger partial charge < -0.3 is 15.2 Å². The summed E-state index contributed by atoms with van der Waals surface area (Å²) in [6.07, 6.45) is 5.40. The maximum Gasteiger partial charge on any atom is 0.226 e. The molecule has 236 valence electrons. The topological polar surface area (TPSA) is 91.2 Å². The van der Waals surface area contributed by atoms with E-state index in [9.17, 15) is 4.79 Å². The molecule has 0 aliphatic carbocycles. The number of piperidine rings is 1. The van der Waals surface area contributed by atoms with Crippen molar-refractivity contribution in [3.63, 3.8) is 0 Å². The molecule has 7 nitrogen and oxygen atoms in total. The summed E-state index contributed by atoms with van der Waals surface area (Å²) in [7, 11) is 1.89. The molecule has 0 unspecified atom stereocenters.